The van der Waals surface area contributed by atoms with Crippen molar-refractivity contribution < 1.29 is 4.52 Å². The maximum absolute atomic E-state index is 5.86. The summed E-state index contributed by atoms with van der Waals surface area (Å²) in [4.78, 5) is 0. The number of hydrogen-bond acceptors (Lipinski definition) is 2. The third kappa shape index (κ3) is 2.72. The molecule has 0 fully saturated rings. The van der Waals surface area contributed by atoms with Crippen molar-refractivity contribution in [3.63, 3.8) is 0 Å². The van der Waals surface area contributed by atoms with Crippen LogP contribution >= 0.6 is 27.5 Å². The summed E-state index contributed by atoms with van der Waals surface area (Å²) in [6.45, 7) is 0. The average Bonchev–Trinajstić information content (AvgIpc) is 2.90. The van der Waals surface area contributed by atoms with Gasteiger partial charge in [-0.05, 0) is 36.4 Å². The molecule has 0 bridgehead atoms. The van der Waals surface area contributed by atoms with E-state index >= 15 is 0 Å². The van der Waals surface area contributed by atoms with Crippen molar-refractivity contribution in [2.24, 2.45) is 0 Å². The van der Waals surface area contributed by atoms with Crippen LogP contribution in [-0.4, -0.2) is 5.16 Å². The number of nitrogens with zero attached hydrogens (tertiary/aromatic N) is 1. The van der Waals surface area contributed by atoms with Crippen LogP contribution in [0.15, 0.2) is 63.6 Å². The highest BCUT2D eigenvalue weighted by Crippen LogP contribution is 2.27. The van der Waals surface area contributed by atoms with Crippen LogP contribution in [0.2, 0.25) is 5.02 Å². The summed E-state index contributed by atoms with van der Waals surface area (Å²) in [5, 5.41) is 4.80. The standard InChI is InChI=1S/C15H9BrClNO/c16-12-5-1-10(2-6-12)14-9-15(19-18-14)11-3-7-13(17)8-4-11/h1-9H. The Bertz CT molecular complexity index is 629. The molecule has 0 N–H and O–H groups in total. The minimum absolute atomic E-state index is 0.705. The molecule has 0 unspecified atom stereocenters. The van der Waals surface area contributed by atoms with Crippen molar-refractivity contribution in [3.05, 3.63) is 64.1 Å². The number of hydrogen-bond donors (Lipinski definition) is 0. The molecule has 0 aliphatic heterocycles. The molecule has 0 radical (unpaired) electrons. The van der Waals surface area contributed by atoms with E-state index < -0.39 is 0 Å². The Balaban J connectivity index is 1.95. The third-order valence-electron chi connectivity index (χ3n) is 2.78. The van der Waals surface area contributed by atoms with Gasteiger partial charge in [-0.1, -0.05) is 44.8 Å². The Hall–Kier alpha value is -1.58. The highest BCUT2D eigenvalue weighted by Gasteiger charge is 2.08. The van der Waals surface area contributed by atoms with Crippen molar-refractivity contribution in [1.82, 2.24) is 5.16 Å². The van der Waals surface area contributed by atoms with Crippen molar-refractivity contribution in [2.75, 3.05) is 0 Å². The minimum atomic E-state index is 0.705. The predicted octanol–water partition coefficient (Wildman–Crippen LogP) is 5.42. The molecule has 0 amide bonds. The Morgan fingerprint density at radius 2 is 1.53 bits per heavy atom. The number of halogens is 2. The number of aromatic nitrogens is 1. The lowest BCUT2D eigenvalue weighted by Gasteiger charge is -1.95. The van der Waals surface area contributed by atoms with Gasteiger partial charge in [-0.25, -0.2) is 0 Å². The second-order valence-electron chi connectivity index (χ2n) is 4.09. The molecule has 0 spiro atoms. The van der Waals surface area contributed by atoms with Gasteiger partial charge in [0.15, 0.2) is 5.76 Å². The topological polar surface area (TPSA) is 26.0 Å². The van der Waals surface area contributed by atoms with Crippen LogP contribution in [0.4, 0.5) is 0 Å². The summed E-state index contributed by atoms with van der Waals surface area (Å²) in [6, 6.07) is 17.4. The van der Waals surface area contributed by atoms with Crippen LogP contribution in [0.25, 0.3) is 22.6 Å². The summed E-state index contributed by atoms with van der Waals surface area (Å²) in [7, 11) is 0. The molecule has 2 aromatic carbocycles. The first-order valence-corrected chi connectivity index (χ1v) is 6.88. The number of rotatable bonds is 2. The predicted molar refractivity (Wildman–Crippen MR) is 80.1 cm³/mol. The average molecular weight is 335 g/mol. The highest BCUT2D eigenvalue weighted by atomic mass is 79.9. The van der Waals surface area contributed by atoms with Gasteiger partial charge in [-0.15, -0.1) is 0 Å². The van der Waals surface area contributed by atoms with Gasteiger partial charge in [0.1, 0.15) is 5.69 Å². The molecule has 4 heteroatoms. The van der Waals surface area contributed by atoms with Crippen molar-refractivity contribution in [3.8, 4) is 22.6 Å². The quantitative estimate of drug-likeness (QED) is 0.625. The molecule has 94 valence electrons. The molecule has 1 aromatic heterocycles. The normalized spacial score (nSPS) is 10.6. The van der Waals surface area contributed by atoms with Crippen LogP contribution in [-0.2, 0) is 0 Å². The van der Waals surface area contributed by atoms with Gasteiger partial charge < -0.3 is 4.52 Å². The van der Waals surface area contributed by atoms with E-state index in [-0.39, 0.29) is 0 Å². The second-order valence-corrected chi connectivity index (χ2v) is 5.44. The van der Waals surface area contributed by atoms with E-state index in [1.54, 1.807) is 0 Å². The largest absolute Gasteiger partial charge is 0.356 e. The highest BCUT2D eigenvalue weighted by molar-refractivity contribution is 9.10. The Morgan fingerprint density at radius 3 is 2.21 bits per heavy atom. The van der Waals surface area contributed by atoms with Crippen molar-refractivity contribution >= 4 is 27.5 Å². The zero-order chi connectivity index (χ0) is 13.2. The number of benzene rings is 2. The van der Waals surface area contributed by atoms with Gasteiger partial charge in [0.2, 0.25) is 0 Å². The summed E-state index contributed by atoms with van der Waals surface area (Å²) < 4.78 is 6.41. The van der Waals surface area contributed by atoms with E-state index in [2.05, 4.69) is 21.1 Å². The molecule has 0 saturated carbocycles. The zero-order valence-corrected chi connectivity index (χ0v) is 12.1. The van der Waals surface area contributed by atoms with Crippen LogP contribution in [0, 0.1) is 0 Å². The summed E-state index contributed by atoms with van der Waals surface area (Å²) >= 11 is 9.27. The fraction of sp³-hybridized carbons (Fsp3) is 0. The van der Waals surface area contributed by atoms with Crippen molar-refractivity contribution in [1.29, 1.82) is 0 Å². The van der Waals surface area contributed by atoms with E-state index in [1.165, 1.54) is 0 Å². The molecule has 0 atom stereocenters. The molecule has 0 aliphatic carbocycles. The third-order valence-corrected chi connectivity index (χ3v) is 3.56. The van der Waals surface area contributed by atoms with E-state index in [0.29, 0.717) is 5.02 Å². The Labute approximate surface area is 124 Å². The van der Waals surface area contributed by atoms with Crippen LogP contribution in [0.3, 0.4) is 0 Å². The van der Waals surface area contributed by atoms with Crippen molar-refractivity contribution in [2.45, 2.75) is 0 Å². The molecule has 19 heavy (non-hydrogen) atoms. The van der Waals surface area contributed by atoms with E-state index in [0.717, 1.165) is 27.1 Å². The lowest BCUT2D eigenvalue weighted by molar-refractivity contribution is 0.435. The lowest BCUT2D eigenvalue weighted by Crippen LogP contribution is -1.75. The molecular weight excluding hydrogens is 326 g/mol. The maximum atomic E-state index is 5.86. The summed E-state index contributed by atoms with van der Waals surface area (Å²) in [5.41, 5.74) is 2.80. The smallest absolute Gasteiger partial charge is 0.167 e. The zero-order valence-electron chi connectivity index (χ0n) is 9.81. The summed E-state index contributed by atoms with van der Waals surface area (Å²) in [6.07, 6.45) is 0. The molecule has 0 saturated heterocycles. The molecule has 3 rings (SSSR count). The maximum Gasteiger partial charge on any atom is 0.167 e. The van der Waals surface area contributed by atoms with Gasteiger partial charge >= 0.3 is 0 Å². The first-order valence-electron chi connectivity index (χ1n) is 5.71. The van der Waals surface area contributed by atoms with Gasteiger partial charge in [0, 0.05) is 26.7 Å². The van der Waals surface area contributed by atoms with Crippen LogP contribution < -0.4 is 0 Å². The van der Waals surface area contributed by atoms with E-state index in [9.17, 15) is 0 Å². The van der Waals surface area contributed by atoms with Gasteiger partial charge in [0.05, 0.1) is 0 Å². The Morgan fingerprint density at radius 1 is 0.895 bits per heavy atom. The molecule has 0 aliphatic rings. The molecule has 3 aromatic rings. The second kappa shape index (κ2) is 5.19. The van der Waals surface area contributed by atoms with Gasteiger partial charge in [-0.2, -0.15) is 0 Å². The SMILES string of the molecule is Clc1ccc(-c2cc(-c3ccc(Br)cc3)no2)cc1. The molecular formula is C15H9BrClNO. The molecule has 2 nitrogen and oxygen atoms in total. The van der Waals surface area contributed by atoms with Crippen LogP contribution in [0.1, 0.15) is 0 Å². The Kier molecular flexibility index (Phi) is 3.40. The van der Waals surface area contributed by atoms with E-state index in [4.69, 9.17) is 16.1 Å². The fourth-order valence-corrected chi connectivity index (χ4v) is 2.17. The minimum Gasteiger partial charge on any atom is -0.356 e. The van der Waals surface area contributed by atoms with Gasteiger partial charge in [-0.3, -0.25) is 0 Å². The summed E-state index contributed by atoms with van der Waals surface area (Å²) in [5.74, 6) is 0.731. The van der Waals surface area contributed by atoms with Gasteiger partial charge in [0.25, 0.3) is 0 Å². The lowest BCUT2D eigenvalue weighted by atomic mass is 10.1. The van der Waals surface area contributed by atoms with Crippen LogP contribution in [0.5, 0.6) is 0 Å². The van der Waals surface area contributed by atoms with E-state index in [1.807, 2.05) is 54.6 Å². The fourth-order valence-electron chi connectivity index (χ4n) is 1.78. The molecule has 1 heterocycles. The first kappa shape index (κ1) is 12.5. The monoisotopic (exact) mass is 333 g/mol. The first-order chi connectivity index (χ1) is 9.22.